The summed E-state index contributed by atoms with van der Waals surface area (Å²) in [5.74, 6) is 0.649. The van der Waals surface area contributed by atoms with Crippen LogP contribution in [0.15, 0.2) is 67.3 Å². The average Bonchev–Trinajstić information content (AvgIpc) is 2.75. The van der Waals surface area contributed by atoms with E-state index in [9.17, 15) is 0 Å². The summed E-state index contributed by atoms with van der Waals surface area (Å²) in [5.41, 5.74) is 7.56. The fourth-order valence-electron chi connectivity index (χ4n) is 4.62. The second-order valence-electron chi connectivity index (χ2n) is 8.41. The first-order valence-corrected chi connectivity index (χ1v) is 11.0. The van der Waals surface area contributed by atoms with Crippen LogP contribution in [-0.4, -0.2) is 0 Å². The molecule has 3 aromatic rings. The monoisotopic (exact) mass is 368 g/mol. The molecule has 4 rings (SSSR count). The van der Waals surface area contributed by atoms with Gasteiger partial charge in [0.15, 0.2) is 0 Å². The lowest BCUT2D eigenvalue weighted by molar-refractivity contribution is 0.585. The van der Waals surface area contributed by atoms with E-state index in [0.717, 1.165) is 12.8 Å². The molecule has 0 aromatic heterocycles. The lowest BCUT2D eigenvalue weighted by Gasteiger charge is -2.26. The van der Waals surface area contributed by atoms with Crippen molar-refractivity contribution in [3.63, 3.8) is 0 Å². The lowest BCUT2D eigenvalue weighted by atomic mass is 9.79. The highest BCUT2D eigenvalue weighted by Gasteiger charge is 2.20. The van der Waals surface area contributed by atoms with Crippen LogP contribution in [0.3, 0.4) is 0 Å². The Bertz CT molecular complexity index is 963. The Morgan fingerprint density at radius 3 is 2.54 bits per heavy atom. The fourth-order valence-corrected chi connectivity index (χ4v) is 4.62. The quantitative estimate of drug-likeness (QED) is 0.377. The SMILES string of the molecule is C=CCCc1ccc2c(c1)CCC(c1ccc3cc(CCCC)ccc3c1)C2. The summed E-state index contributed by atoms with van der Waals surface area (Å²) in [5, 5.41) is 2.78. The molecule has 144 valence electrons. The molecule has 0 fully saturated rings. The van der Waals surface area contributed by atoms with Gasteiger partial charge in [-0.15, -0.1) is 6.58 Å². The summed E-state index contributed by atoms with van der Waals surface area (Å²) in [7, 11) is 0. The maximum absolute atomic E-state index is 3.85. The molecule has 0 spiro atoms. The Labute approximate surface area is 170 Å². The maximum Gasteiger partial charge on any atom is -0.0118 e. The number of allylic oxidation sites excluding steroid dienone is 1. The molecule has 0 amide bonds. The number of hydrogen-bond donors (Lipinski definition) is 0. The van der Waals surface area contributed by atoms with Crippen molar-refractivity contribution < 1.29 is 0 Å². The van der Waals surface area contributed by atoms with Gasteiger partial charge in [0.1, 0.15) is 0 Å². The number of fused-ring (bicyclic) bond motifs is 2. The second-order valence-corrected chi connectivity index (χ2v) is 8.41. The Hall–Kier alpha value is -2.34. The second kappa shape index (κ2) is 8.78. The minimum absolute atomic E-state index is 0.649. The van der Waals surface area contributed by atoms with E-state index in [1.165, 1.54) is 66.0 Å². The Morgan fingerprint density at radius 2 is 1.68 bits per heavy atom. The van der Waals surface area contributed by atoms with Crippen molar-refractivity contribution in [3.8, 4) is 0 Å². The molecule has 1 aliphatic carbocycles. The van der Waals surface area contributed by atoms with Gasteiger partial charge in [-0.3, -0.25) is 0 Å². The molecule has 28 heavy (non-hydrogen) atoms. The largest absolute Gasteiger partial charge is 0.103 e. The van der Waals surface area contributed by atoms with E-state index in [4.69, 9.17) is 0 Å². The van der Waals surface area contributed by atoms with Crippen LogP contribution in [0.1, 0.15) is 66.3 Å². The maximum atomic E-state index is 3.85. The first-order chi connectivity index (χ1) is 13.8. The molecule has 0 saturated heterocycles. The van der Waals surface area contributed by atoms with Gasteiger partial charge >= 0.3 is 0 Å². The predicted octanol–water partition coefficient (Wildman–Crippen LogP) is 7.57. The van der Waals surface area contributed by atoms with Gasteiger partial charge < -0.3 is 0 Å². The van der Waals surface area contributed by atoms with Crippen molar-refractivity contribution in [1.82, 2.24) is 0 Å². The zero-order chi connectivity index (χ0) is 19.3. The zero-order valence-corrected chi connectivity index (χ0v) is 17.2. The molecule has 1 aliphatic rings. The molecular formula is C28H32. The number of unbranched alkanes of at least 4 members (excludes halogenated alkanes) is 1. The minimum atomic E-state index is 0.649. The molecule has 3 aromatic carbocycles. The van der Waals surface area contributed by atoms with Gasteiger partial charge in [-0.2, -0.15) is 0 Å². The standard InChI is InChI=1S/C28H32/c1-3-5-7-21-9-11-25-19-27(15-13-23(25)17-21)28-16-14-24-18-22(8-6-4-2)10-12-26(24)20-28/h3,9-12,14,16-18,20,27H,1,4-8,13,15,19H2,2H3. The molecule has 0 aliphatic heterocycles. The normalized spacial score (nSPS) is 16.1. The summed E-state index contributed by atoms with van der Waals surface area (Å²) >= 11 is 0. The third-order valence-electron chi connectivity index (χ3n) is 6.36. The molecule has 1 atom stereocenters. The van der Waals surface area contributed by atoms with Gasteiger partial charge in [-0.05, 0) is 89.5 Å². The van der Waals surface area contributed by atoms with Gasteiger partial charge in [-0.25, -0.2) is 0 Å². The van der Waals surface area contributed by atoms with Gasteiger partial charge in [0.2, 0.25) is 0 Å². The third kappa shape index (κ3) is 4.22. The molecule has 0 bridgehead atoms. The van der Waals surface area contributed by atoms with Crippen molar-refractivity contribution in [3.05, 3.63) is 95.1 Å². The van der Waals surface area contributed by atoms with Crippen LogP contribution in [0, 0.1) is 0 Å². The molecule has 0 radical (unpaired) electrons. The smallest absolute Gasteiger partial charge is 0.0118 e. The van der Waals surface area contributed by atoms with Crippen molar-refractivity contribution in [2.75, 3.05) is 0 Å². The molecule has 0 saturated carbocycles. The molecular weight excluding hydrogens is 336 g/mol. The van der Waals surface area contributed by atoms with Gasteiger partial charge in [0, 0.05) is 0 Å². The summed E-state index contributed by atoms with van der Waals surface area (Å²) in [6.07, 6.45) is 11.6. The fraction of sp³-hybridized carbons (Fsp3) is 0.357. The third-order valence-corrected chi connectivity index (χ3v) is 6.36. The van der Waals surface area contributed by atoms with E-state index in [2.05, 4.69) is 68.1 Å². The topological polar surface area (TPSA) is 0 Å². The predicted molar refractivity (Wildman–Crippen MR) is 122 cm³/mol. The zero-order valence-electron chi connectivity index (χ0n) is 17.2. The van der Waals surface area contributed by atoms with E-state index in [0.29, 0.717) is 5.92 Å². The summed E-state index contributed by atoms with van der Waals surface area (Å²) in [6, 6.07) is 21.3. The van der Waals surface area contributed by atoms with Crippen molar-refractivity contribution in [1.29, 1.82) is 0 Å². The average molecular weight is 369 g/mol. The first-order valence-electron chi connectivity index (χ1n) is 11.0. The van der Waals surface area contributed by atoms with Crippen LogP contribution in [0.2, 0.25) is 0 Å². The summed E-state index contributed by atoms with van der Waals surface area (Å²) in [6.45, 7) is 6.11. The van der Waals surface area contributed by atoms with Gasteiger partial charge in [0.25, 0.3) is 0 Å². The minimum Gasteiger partial charge on any atom is -0.103 e. The molecule has 1 unspecified atom stereocenters. The Morgan fingerprint density at radius 1 is 0.893 bits per heavy atom. The molecule has 0 N–H and O–H groups in total. The number of rotatable bonds is 7. The first kappa shape index (κ1) is 19.0. The number of benzene rings is 3. The summed E-state index contributed by atoms with van der Waals surface area (Å²) in [4.78, 5) is 0. The van der Waals surface area contributed by atoms with Crippen molar-refractivity contribution >= 4 is 10.8 Å². The van der Waals surface area contributed by atoms with Crippen molar-refractivity contribution in [2.45, 2.75) is 64.2 Å². The van der Waals surface area contributed by atoms with E-state index >= 15 is 0 Å². The highest BCUT2D eigenvalue weighted by Crippen LogP contribution is 2.34. The number of hydrogen-bond acceptors (Lipinski definition) is 0. The lowest BCUT2D eigenvalue weighted by Crippen LogP contribution is -2.13. The Balaban J connectivity index is 1.51. The highest BCUT2D eigenvalue weighted by atomic mass is 14.2. The van der Waals surface area contributed by atoms with Crippen LogP contribution >= 0.6 is 0 Å². The summed E-state index contributed by atoms with van der Waals surface area (Å²) < 4.78 is 0. The molecule has 0 heterocycles. The molecule has 0 nitrogen and oxygen atoms in total. The van der Waals surface area contributed by atoms with Crippen LogP contribution in [0.4, 0.5) is 0 Å². The van der Waals surface area contributed by atoms with E-state index in [1.54, 1.807) is 11.1 Å². The van der Waals surface area contributed by atoms with Crippen LogP contribution in [0.25, 0.3) is 10.8 Å². The van der Waals surface area contributed by atoms with E-state index in [1.807, 2.05) is 6.08 Å². The molecule has 0 heteroatoms. The van der Waals surface area contributed by atoms with Crippen LogP contribution in [-0.2, 0) is 25.7 Å². The Kier molecular flexibility index (Phi) is 5.95. The van der Waals surface area contributed by atoms with Crippen molar-refractivity contribution in [2.24, 2.45) is 0 Å². The van der Waals surface area contributed by atoms with E-state index < -0.39 is 0 Å². The van der Waals surface area contributed by atoms with E-state index in [-0.39, 0.29) is 0 Å². The van der Waals surface area contributed by atoms with Gasteiger partial charge in [-0.1, -0.05) is 74.0 Å². The number of aryl methyl sites for hydroxylation is 3. The van der Waals surface area contributed by atoms with Crippen LogP contribution < -0.4 is 0 Å². The van der Waals surface area contributed by atoms with Gasteiger partial charge in [0.05, 0.1) is 0 Å². The highest BCUT2D eigenvalue weighted by molar-refractivity contribution is 5.84. The van der Waals surface area contributed by atoms with Crippen LogP contribution in [0.5, 0.6) is 0 Å².